The average Bonchev–Trinajstić information content (AvgIpc) is 3.84. The number of hydrogen-bond acceptors (Lipinski definition) is 5. The molecule has 2 saturated carbocycles. The fraction of sp³-hybridized carbons (Fsp3) is 0.531. The molecule has 3 aliphatic rings. The summed E-state index contributed by atoms with van der Waals surface area (Å²) in [5, 5.41) is 0. The second-order valence-electron chi connectivity index (χ2n) is 12.9. The number of benzene rings is 1. The van der Waals surface area contributed by atoms with Gasteiger partial charge in [0.15, 0.2) is 0 Å². The lowest BCUT2D eigenvalue weighted by atomic mass is 9.90. The molecule has 2 heterocycles. The summed E-state index contributed by atoms with van der Waals surface area (Å²) >= 11 is 3.42. The third kappa shape index (κ3) is 6.71. The number of anilines is 2. The minimum absolute atomic E-state index is 0.0253. The van der Waals surface area contributed by atoms with Gasteiger partial charge in [-0.2, -0.15) is 13.2 Å². The maximum atomic E-state index is 13.7. The van der Waals surface area contributed by atoms with E-state index in [1.807, 2.05) is 11.0 Å². The van der Waals surface area contributed by atoms with Crippen LogP contribution in [0.5, 0.6) is 0 Å². The molecule has 0 aliphatic heterocycles. The Morgan fingerprint density at radius 1 is 0.927 bits per heavy atom. The van der Waals surface area contributed by atoms with Crippen LogP contribution in [-0.4, -0.2) is 28.0 Å². The van der Waals surface area contributed by atoms with Gasteiger partial charge in [0.1, 0.15) is 5.82 Å². The Morgan fingerprint density at radius 3 is 2.20 bits per heavy atom. The van der Waals surface area contributed by atoms with Crippen molar-refractivity contribution in [2.24, 2.45) is 11.8 Å². The first-order valence-corrected chi connectivity index (χ1v) is 15.4. The standard InChI is InChI=1S/C32H37BrF3N5/c1-20-10-23(12-26(11-20)32(34,35)36)18-41(30-37-14-27(33)15-38-30)19-25-13-24-8-9-31(2,3)28(24)39-29(25)40(16-21-4-5-21)17-22-6-7-22/h10-15,21-22H,4-9,16-19H2,1-3H3. The summed E-state index contributed by atoms with van der Waals surface area (Å²) in [6, 6.07) is 6.57. The van der Waals surface area contributed by atoms with Crippen LogP contribution in [0.25, 0.3) is 0 Å². The SMILES string of the molecule is Cc1cc(CN(Cc2cc3c(nc2N(CC2CC2)CC2CC2)C(C)(C)CC3)c2ncc(Br)cn2)cc(C(F)(F)F)c1. The minimum atomic E-state index is -4.41. The zero-order chi connectivity index (χ0) is 28.9. The van der Waals surface area contributed by atoms with Gasteiger partial charge in [0.25, 0.3) is 0 Å². The first kappa shape index (κ1) is 28.4. The maximum absolute atomic E-state index is 13.7. The van der Waals surface area contributed by atoms with Gasteiger partial charge in [-0.1, -0.05) is 25.5 Å². The van der Waals surface area contributed by atoms with Crippen molar-refractivity contribution in [3.8, 4) is 0 Å². The van der Waals surface area contributed by atoms with Crippen molar-refractivity contribution in [1.29, 1.82) is 0 Å². The summed E-state index contributed by atoms with van der Waals surface area (Å²) in [4.78, 5) is 19.0. The molecule has 41 heavy (non-hydrogen) atoms. The molecule has 2 aromatic heterocycles. The molecule has 218 valence electrons. The van der Waals surface area contributed by atoms with Gasteiger partial charge in [-0.05, 0) is 103 Å². The normalized spacial score (nSPS) is 17.9. The monoisotopic (exact) mass is 627 g/mol. The fourth-order valence-electron chi connectivity index (χ4n) is 6.01. The van der Waals surface area contributed by atoms with Crippen molar-refractivity contribution in [2.45, 2.75) is 84.0 Å². The van der Waals surface area contributed by atoms with Crippen molar-refractivity contribution in [3.05, 3.63) is 74.6 Å². The highest BCUT2D eigenvalue weighted by Crippen LogP contribution is 2.42. The van der Waals surface area contributed by atoms with E-state index in [4.69, 9.17) is 4.98 Å². The molecule has 0 atom stereocenters. The molecule has 0 N–H and O–H groups in total. The number of alkyl halides is 3. The largest absolute Gasteiger partial charge is 0.416 e. The number of aryl methyl sites for hydroxylation is 2. The maximum Gasteiger partial charge on any atom is 0.416 e. The predicted molar refractivity (Wildman–Crippen MR) is 159 cm³/mol. The zero-order valence-corrected chi connectivity index (χ0v) is 25.5. The highest BCUT2D eigenvalue weighted by atomic mass is 79.9. The van der Waals surface area contributed by atoms with Gasteiger partial charge in [-0.15, -0.1) is 0 Å². The summed E-state index contributed by atoms with van der Waals surface area (Å²) in [6.45, 7) is 8.99. The molecule has 6 rings (SSSR count). The Hall–Kier alpha value is -2.68. The van der Waals surface area contributed by atoms with Crippen LogP contribution in [0.1, 0.15) is 79.5 Å². The first-order chi connectivity index (χ1) is 19.4. The second-order valence-corrected chi connectivity index (χ2v) is 13.8. The lowest BCUT2D eigenvalue weighted by Crippen LogP contribution is -2.33. The van der Waals surface area contributed by atoms with Crippen LogP contribution in [0.15, 0.2) is 41.1 Å². The zero-order valence-electron chi connectivity index (χ0n) is 23.9. The van der Waals surface area contributed by atoms with Gasteiger partial charge in [-0.25, -0.2) is 15.0 Å². The van der Waals surface area contributed by atoms with Crippen molar-refractivity contribution in [1.82, 2.24) is 15.0 Å². The Kier molecular flexibility index (Phi) is 7.54. The molecule has 0 saturated heterocycles. The number of hydrogen-bond donors (Lipinski definition) is 0. The Balaban J connectivity index is 1.41. The average molecular weight is 629 g/mol. The van der Waals surface area contributed by atoms with Crippen LogP contribution >= 0.6 is 15.9 Å². The highest BCUT2D eigenvalue weighted by molar-refractivity contribution is 9.10. The van der Waals surface area contributed by atoms with E-state index >= 15 is 0 Å². The molecule has 0 unspecified atom stereocenters. The third-order valence-electron chi connectivity index (χ3n) is 8.56. The van der Waals surface area contributed by atoms with E-state index in [1.54, 1.807) is 19.3 Å². The quantitative estimate of drug-likeness (QED) is 0.228. The van der Waals surface area contributed by atoms with Gasteiger partial charge in [0, 0.05) is 49.6 Å². The third-order valence-corrected chi connectivity index (χ3v) is 8.97. The smallest absolute Gasteiger partial charge is 0.356 e. The molecule has 5 nitrogen and oxygen atoms in total. The highest BCUT2D eigenvalue weighted by Gasteiger charge is 2.36. The van der Waals surface area contributed by atoms with Gasteiger partial charge >= 0.3 is 6.18 Å². The molecule has 1 aromatic carbocycles. The number of rotatable bonds is 10. The van der Waals surface area contributed by atoms with E-state index in [-0.39, 0.29) is 12.0 Å². The van der Waals surface area contributed by atoms with Crippen molar-refractivity contribution >= 4 is 27.7 Å². The number of nitrogens with zero attached hydrogens (tertiary/aromatic N) is 5. The van der Waals surface area contributed by atoms with Crippen LogP contribution in [0, 0.1) is 18.8 Å². The molecule has 0 bridgehead atoms. The van der Waals surface area contributed by atoms with Gasteiger partial charge in [-0.3, -0.25) is 0 Å². The molecular weight excluding hydrogens is 591 g/mol. The van der Waals surface area contributed by atoms with E-state index in [2.05, 4.69) is 50.7 Å². The summed E-state index contributed by atoms with van der Waals surface area (Å²) < 4.78 is 41.8. The second kappa shape index (κ2) is 10.9. The lowest BCUT2D eigenvalue weighted by Gasteiger charge is -2.31. The van der Waals surface area contributed by atoms with Crippen LogP contribution < -0.4 is 9.80 Å². The van der Waals surface area contributed by atoms with Crippen molar-refractivity contribution < 1.29 is 13.2 Å². The molecule has 0 amide bonds. The lowest BCUT2D eigenvalue weighted by molar-refractivity contribution is -0.137. The molecule has 0 radical (unpaired) electrons. The molecule has 0 spiro atoms. The van der Waals surface area contributed by atoms with E-state index < -0.39 is 11.7 Å². The molecular formula is C32H37BrF3N5. The van der Waals surface area contributed by atoms with Crippen LogP contribution in [-0.2, 0) is 31.1 Å². The molecule has 2 fully saturated rings. The summed E-state index contributed by atoms with van der Waals surface area (Å²) in [5.74, 6) is 2.93. The first-order valence-electron chi connectivity index (χ1n) is 14.6. The predicted octanol–water partition coefficient (Wildman–Crippen LogP) is 8.02. The van der Waals surface area contributed by atoms with Gasteiger partial charge < -0.3 is 9.80 Å². The van der Waals surface area contributed by atoms with E-state index in [0.717, 1.165) is 41.8 Å². The van der Waals surface area contributed by atoms with Crippen molar-refractivity contribution in [2.75, 3.05) is 22.9 Å². The van der Waals surface area contributed by atoms with Crippen LogP contribution in [0.3, 0.4) is 0 Å². The number of halogens is 4. The van der Waals surface area contributed by atoms with E-state index in [9.17, 15) is 13.2 Å². The summed E-state index contributed by atoms with van der Waals surface area (Å²) in [6.07, 6.45) is 6.06. The molecule has 3 aliphatic carbocycles. The summed E-state index contributed by atoms with van der Waals surface area (Å²) in [7, 11) is 0. The molecule has 3 aromatic rings. The van der Waals surface area contributed by atoms with Gasteiger partial charge in [0.05, 0.1) is 15.7 Å². The Labute approximate surface area is 248 Å². The van der Waals surface area contributed by atoms with Crippen LogP contribution in [0.2, 0.25) is 0 Å². The number of aromatic nitrogens is 3. The van der Waals surface area contributed by atoms with Crippen LogP contribution in [0.4, 0.5) is 24.9 Å². The Bertz CT molecular complexity index is 1400. The molecule has 9 heteroatoms. The minimum Gasteiger partial charge on any atom is -0.356 e. The summed E-state index contributed by atoms with van der Waals surface area (Å²) in [5.41, 5.74) is 4.11. The van der Waals surface area contributed by atoms with E-state index in [1.165, 1.54) is 49.1 Å². The number of pyridine rings is 1. The van der Waals surface area contributed by atoms with Crippen molar-refractivity contribution in [3.63, 3.8) is 0 Å². The van der Waals surface area contributed by atoms with E-state index in [0.29, 0.717) is 35.5 Å². The fourth-order valence-corrected chi connectivity index (χ4v) is 6.21. The Morgan fingerprint density at radius 2 is 1.59 bits per heavy atom. The number of fused-ring (bicyclic) bond motifs is 1. The topological polar surface area (TPSA) is 45.2 Å². The van der Waals surface area contributed by atoms with Gasteiger partial charge in [0.2, 0.25) is 5.95 Å².